The summed E-state index contributed by atoms with van der Waals surface area (Å²) < 4.78 is 0. The van der Waals surface area contributed by atoms with Crippen LogP contribution in [0, 0.1) is 5.92 Å². The summed E-state index contributed by atoms with van der Waals surface area (Å²) in [6, 6.07) is 10.4. The Balaban J connectivity index is 1.71. The van der Waals surface area contributed by atoms with Crippen LogP contribution in [0.3, 0.4) is 0 Å². The molecule has 1 aromatic carbocycles. The summed E-state index contributed by atoms with van der Waals surface area (Å²) in [5, 5.41) is 11.0. The van der Waals surface area contributed by atoms with E-state index in [2.05, 4.69) is 29.2 Å². The lowest BCUT2D eigenvalue weighted by molar-refractivity contribution is 0.142. The van der Waals surface area contributed by atoms with E-state index < -0.39 is 0 Å². The standard InChI is InChI=1S/C15H17NO/c17-15(13-6-7-13)8-4-11-3-5-12-2-1-9-16-14(12)10-11/h1-3,5,9-10,13,15,17H,4,6-8H2. The van der Waals surface area contributed by atoms with Crippen molar-refractivity contribution in [2.45, 2.75) is 31.8 Å². The molecule has 0 bridgehead atoms. The number of aryl methyl sites for hydroxylation is 1. The SMILES string of the molecule is OC(CCc1ccc2cccnc2c1)C1CC1. The van der Waals surface area contributed by atoms with Gasteiger partial charge < -0.3 is 5.11 Å². The van der Waals surface area contributed by atoms with E-state index in [0.29, 0.717) is 5.92 Å². The van der Waals surface area contributed by atoms with Crippen LogP contribution in [0.2, 0.25) is 0 Å². The van der Waals surface area contributed by atoms with Gasteiger partial charge in [0.05, 0.1) is 11.6 Å². The van der Waals surface area contributed by atoms with Gasteiger partial charge in [-0.15, -0.1) is 0 Å². The molecule has 1 unspecified atom stereocenters. The van der Waals surface area contributed by atoms with Crippen LogP contribution in [-0.4, -0.2) is 16.2 Å². The van der Waals surface area contributed by atoms with Crippen LogP contribution < -0.4 is 0 Å². The Hall–Kier alpha value is -1.41. The second kappa shape index (κ2) is 4.46. The van der Waals surface area contributed by atoms with Crippen molar-refractivity contribution in [2.75, 3.05) is 0 Å². The summed E-state index contributed by atoms with van der Waals surface area (Å²) in [6.45, 7) is 0. The van der Waals surface area contributed by atoms with Gasteiger partial charge in [-0.2, -0.15) is 0 Å². The summed E-state index contributed by atoms with van der Waals surface area (Å²) in [4.78, 5) is 4.35. The molecule has 1 aromatic heterocycles. The zero-order chi connectivity index (χ0) is 11.7. The number of hydrogen-bond acceptors (Lipinski definition) is 2. The van der Waals surface area contributed by atoms with E-state index in [1.807, 2.05) is 12.3 Å². The molecule has 1 aliphatic rings. The van der Waals surface area contributed by atoms with Gasteiger partial charge in [0.2, 0.25) is 0 Å². The average molecular weight is 227 g/mol. The number of rotatable bonds is 4. The molecule has 1 heterocycles. The molecular weight excluding hydrogens is 210 g/mol. The maximum absolute atomic E-state index is 9.85. The lowest BCUT2D eigenvalue weighted by Crippen LogP contribution is -2.10. The van der Waals surface area contributed by atoms with Crippen LogP contribution in [0.25, 0.3) is 10.9 Å². The van der Waals surface area contributed by atoms with Gasteiger partial charge in [0.25, 0.3) is 0 Å². The second-order valence-electron chi connectivity index (χ2n) is 4.97. The predicted octanol–water partition coefficient (Wildman–Crippen LogP) is 2.94. The fourth-order valence-corrected chi connectivity index (χ4v) is 2.30. The predicted molar refractivity (Wildman–Crippen MR) is 68.8 cm³/mol. The van der Waals surface area contributed by atoms with Crippen LogP contribution in [0.15, 0.2) is 36.5 Å². The Morgan fingerprint density at radius 1 is 1.29 bits per heavy atom. The lowest BCUT2D eigenvalue weighted by atomic mass is 10.0. The number of benzene rings is 1. The number of aliphatic hydroxyl groups is 1. The first-order chi connectivity index (χ1) is 8.33. The molecule has 3 rings (SSSR count). The van der Waals surface area contributed by atoms with E-state index in [1.165, 1.54) is 23.8 Å². The fraction of sp³-hybridized carbons (Fsp3) is 0.400. The Morgan fingerprint density at radius 2 is 2.18 bits per heavy atom. The second-order valence-corrected chi connectivity index (χ2v) is 4.97. The molecule has 17 heavy (non-hydrogen) atoms. The normalized spacial score (nSPS) is 17.2. The molecule has 1 N–H and O–H groups in total. The van der Waals surface area contributed by atoms with Gasteiger partial charge in [0, 0.05) is 11.6 Å². The van der Waals surface area contributed by atoms with Crippen LogP contribution >= 0.6 is 0 Å². The van der Waals surface area contributed by atoms with Crippen molar-refractivity contribution in [3.63, 3.8) is 0 Å². The third kappa shape index (κ3) is 2.47. The summed E-state index contributed by atoms with van der Waals surface area (Å²) in [5.74, 6) is 0.577. The highest BCUT2D eigenvalue weighted by atomic mass is 16.3. The van der Waals surface area contributed by atoms with E-state index in [4.69, 9.17) is 0 Å². The molecule has 2 aromatic rings. The quantitative estimate of drug-likeness (QED) is 0.871. The first-order valence-electron chi connectivity index (χ1n) is 6.35. The topological polar surface area (TPSA) is 33.1 Å². The van der Waals surface area contributed by atoms with Gasteiger partial charge in [-0.25, -0.2) is 0 Å². The van der Waals surface area contributed by atoms with Crippen molar-refractivity contribution in [1.82, 2.24) is 4.98 Å². The Morgan fingerprint density at radius 3 is 3.00 bits per heavy atom. The minimum atomic E-state index is -0.102. The number of nitrogens with zero attached hydrogens (tertiary/aromatic N) is 1. The van der Waals surface area contributed by atoms with Gasteiger partial charge in [-0.1, -0.05) is 18.2 Å². The molecule has 1 fully saturated rings. The number of pyridine rings is 1. The molecule has 1 saturated carbocycles. The summed E-state index contributed by atoms with van der Waals surface area (Å²) >= 11 is 0. The Bertz CT molecular complexity index is 519. The number of aliphatic hydroxyl groups excluding tert-OH is 1. The molecule has 2 heteroatoms. The van der Waals surface area contributed by atoms with Crippen LogP contribution in [0.5, 0.6) is 0 Å². The smallest absolute Gasteiger partial charge is 0.0704 e. The minimum Gasteiger partial charge on any atom is -0.393 e. The van der Waals surface area contributed by atoms with Crippen molar-refractivity contribution >= 4 is 10.9 Å². The minimum absolute atomic E-state index is 0.102. The molecule has 0 saturated heterocycles. The average Bonchev–Trinajstić information content (AvgIpc) is 3.20. The molecule has 0 amide bonds. The van der Waals surface area contributed by atoms with Gasteiger partial charge in [-0.3, -0.25) is 4.98 Å². The van der Waals surface area contributed by atoms with Gasteiger partial charge in [-0.05, 0) is 49.3 Å². The van der Waals surface area contributed by atoms with Gasteiger partial charge in [0.15, 0.2) is 0 Å². The van der Waals surface area contributed by atoms with Crippen molar-refractivity contribution in [2.24, 2.45) is 5.92 Å². The maximum Gasteiger partial charge on any atom is 0.0704 e. The van der Waals surface area contributed by atoms with Crippen molar-refractivity contribution in [3.05, 3.63) is 42.1 Å². The highest BCUT2D eigenvalue weighted by molar-refractivity contribution is 5.78. The van der Waals surface area contributed by atoms with E-state index in [9.17, 15) is 5.11 Å². The zero-order valence-corrected chi connectivity index (χ0v) is 9.84. The third-order valence-corrected chi connectivity index (χ3v) is 3.57. The van der Waals surface area contributed by atoms with Crippen LogP contribution in [0.4, 0.5) is 0 Å². The Labute approximate surface area is 101 Å². The number of fused-ring (bicyclic) bond motifs is 1. The first kappa shape index (κ1) is 10.7. The monoisotopic (exact) mass is 227 g/mol. The summed E-state index contributed by atoms with van der Waals surface area (Å²) in [6.07, 6.45) is 5.97. The highest BCUT2D eigenvalue weighted by Crippen LogP contribution is 2.34. The number of hydrogen-bond donors (Lipinski definition) is 1. The molecule has 2 nitrogen and oxygen atoms in total. The van der Waals surface area contributed by atoms with Crippen molar-refractivity contribution in [1.29, 1.82) is 0 Å². The largest absolute Gasteiger partial charge is 0.393 e. The maximum atomic E-state index is 9.85. The molecule has 1 atom stereocenters. The van der Waals surface area contributed by atoms with Crippen molar-refractivity contribution < 1.29 is 5.11 Å². The summed E-state index contributed by atoms with van der Waals surface area (Å²) in [7, 11) is 0. The molecule has 0 radical (unpaired) electrons. The lowest BCUT2D eigenvalue weighted by Gasteiger charge is -2.09. The molecule has 0 spiro atoms. The number of aromatic nitrogens is 1. The molecule has 0 aliphatic heterocycles. The van der Waals surface area contributed by atoms with Crippen LogP contribution in [0.1, 0.15) is 24.8 Å². The van der Waals surface area contributed by atoms with E-state index in [1.54, 1.807) is 0 Å². The molecule has 1 aliphatic carbocycles. The van der Waals surface area contributed by atoms with E-state index in [-0.39, 0.29) is 6.10 Å². The third-order valence-electron chi connectivity index (χ3n) is 3.57. The van der Waals surface area contributed by atoms with Gasteiger partial charge in [0.1, 0.15) is 0 Å². The molecule has 88 valence electrons. The van der Waals surface area contributed by atoms with E-state index in [0.717, 1.165) is 18.4 Å². The first-order valence-corrected chi connectivity index (χ1v) is 6.35. The Kier molecular flexibility index (Phi) is 2.81. The molecular formula is C15H17NO. The fourth-order valence-electron chi connectivity index (χ4n) is 2.30. The summed E-state index contributed by atoms with van der Waals surface area (Å²) in [5.41, 5.74) is 2.32. The van der Waals surface area contributed by atoms with E-state index >= 15 is 0 Å². The van der Waals surface area contributed by atoms with Gasteiger partial charge >= 0.3 is 0 Å². The highest BCUT2D eigenvalue weighted by Gasteiger charge is 2.29. The van der Waals surface area contributed by atoms with Crippen LogP contribution in [-0.2, 0) is 6.42 Å². The van der Waals surface area contributed by atoms with Crippen molar-refractivity contribution in [3.8, 4) is 0 Å². The zero-order valence-electron chi connectivity index (χ0n) is 9.84.